The fraction of sp³-hybridized carbons (Fsp3) is 0.278. The van der Waals surface area contributed by atoms with Crippen molar-refractivity contribution in [3.05, 3.63) is 65.7 Å². The lowest BCUT2D eigenvalue weighted by molar-refractivity contribution is 0.566. The summed E-state index contributed by atoms with van der Waals surface area (Å²) in [5, 5.41) is 5.85. The van der Waals surface area contributed by atoms with Crippen LogP contribution in [-0.2, 0) is 16.3 Å². The molecule has 27 heavy (non-hydrogen) atoms. The van der Waals surface area contributed by atoms with Crippen molar-refractivity contribution in [3.63, 3.8) is 0 Å². The van der Waals surface area contributed by atoms with E-state index in [1.54, 1.807) is 25.2 Å². The molecule has 0 fully saturated rings. The van der Waals surface area contributed by atoms with Crippen LogP contribution in [0.4, 0.5) is 8.78 Å². The van der Waals surface area contributed by atoms with Crippen molar-refractivity contribution in [2.24, 2.45) is 4.99 Å². The Morgan fingerprint density at radius 1 is 0.963 bits per heavy atom. The van der Waals surface area contributed by atoms with Gasteiger partial charge in [-0.15, -0.1) is 24.0 Å². The second kappa shape index (κ2) is 11.2. The van der Waals surface area contributed by atoms with Gasteiger partial charge >= 0.3 is 0 Å². The highest BCUT2D eigenvalue weighted by Crippen LogP contribution is 2.14. The average molecular weight is 509 g/mol. The van der Waals surface area contributed by atoms with Crippen molar-refractivity contribution in [1.82, 2.24) is 10.6 Å². The summed E-state index contributed by atoms with van der Waals surface area (Å²) in [6, 6.07) is 11.8. The topological polar surface area (TPSA) is 70.6 Å². The van der Waals surface area contributed by atoms with Gasteiger partial charge in [0, 0.05) is 20.1 Å². The van der Waals surface area contributed by atoms with E-state index in [-0.39, 0.29) is 47.0 Å². The van der Waals surface area contributed by atoms with Crippen molar-refractivity contribution in [1.29, 1.82) is 0 Å². The van der Waals surface area contributed by atoms with E-state index in [0.717, 1.165) is 6.07 Å². The molecule has 0 amide bonds. The maximum atomic E-state index is 13.6. The molecule has 0 heterocycles. The summed E-state index contributed by atoms with van der Waals surface area (Å²) in [7, 11) is -2.19. The fourth-order valence-electron chi connectivity index (χ4n) is 2.35. The second-order valence-electron chi connectivity index (χ2n) is 5.52. The van der Waals surface area contributed by atoms with Gasteiger partial charge in [0.2, 0.25) is 0 Å². The Bertz CT molecular complexity index is 876. The third-order valence-electron chi connectivity index (χ3n) is 3.70. The van der Waals surface area contributed by atoms with Crippen LogP contribution in [0, 0.1) is 11.6 Å². The zero-order valence-electron chi connectivity index (χ0n) is 14.8. The lowest BCUT2D eigenvalue weighted by Gasteiger charge is -2.12. The van der Waals surface area contributed by atoms with E-state index in [4.69, 9.17) is 0 Å². The molecule has 0 unspecified atom stereocenters. The van der Waals surface area contributed by atoms with E-state index in [0.29, 0.717) is 24.5 Å². The molecular weight excluding hydrogens is 487 g/mol. The van der Waals surface area contributed by atoms with E-state index in [1.165, 1.54) is 24.3 Å². The van der Waals surface area contributed by atoms with E-state index in [2.05, 4.69) is 15.6 Å². The Morgan fingerprint density at radius 3 is 2.19 bits per heavy atom. The number of rotatable bonds is 7. The number of nitrogens with one attached hydrogen (secondary N) is 2. The van der Waals surface area contributed by atoms with Crippen LogP contribution in [0.2, 0.25) is 0 Å². The molecule has 9 heteroatoms. The van der Waals surface area contributed by atoms with Gasteiger partial charge in [0.15, 0.2) is 15.8 Å². The van der Waals surface area contributed by atoms with Crippen LogP contribution < -0.4 is 10.6 Å². The monoisotopic (exact) mass is 509 g/mol. The van der Waals surface area contributed by atoms with Crippen molar-refractivity contribution >= 4 is 39.8 Å². The lowest BCUT2D eigenvalue weighted by Crippen LogP contribution is -2.40. The number of halogens is 3. The first kappa shape index (κ1) is 23.3. The quantitative estimate of drug-likeness (QED) is 0.342. The van der Waals surface area contributed by atoms with Crippen LogP contribution in [0.3, 0.4) is 0 Å². The van der Waals surface area contributed by atoms with Crippen molar-refractivity contribution in [2.45, 2.75) is 11.3 Å². The molecule has 2 N–H and O–H groups in total. The zero-order chi connectivity index (χ0) is 19.0. The Kier molecular flexibility index (Phi) is 9.64. The zero-order valence-corrected chi connectivity index (χ0v) is 17.9. The standard InChI is InChI=1S/C18H21F2N3O2S.HI/c1-21-18(22-11-10-14-6-2-3-7-15(14)19)23-12-13-26(24,25)17-9-5-4-8-16(17)20;/h2-9H,10-13H2,1H3,(H2,21,22,23);1H. The average Bonchev–Trinajstić information content (AvgIpc) is 2.62. The van der Waals surface area contributed by atoms with Gasteiger partial charge < -0.3 is 10.6 Å². The predicted octanol–water partition coefficient (Wildman–Crippen LogP) is 2.76. The van der Waals surface area contributed by atoms with E-state index >= 15 is 0 Å². The van der Waals surface area contributed by atoms with Crippen LogP contribution in [-0.4, -0.2) is 40.3 Å². The molecule has 0 aliphatic carbocycles. The molecule has 0 radical (unpaired) electrons. The van der Waals surface area contributed by atoms with E-state index in [1.807, 2.05) is 0 Å². The maximum absolute atomic E-state index is 13.6. The van der Waals surface area contributed by atoms with Crippen LogP contribution in [0.25, 0.3) is 0 Å². The van der Waals surface area contributed by atoms with Gasteiger partial charge in [-0.2, -0.15) is 0 Å². The number of sulfone groups is 1. The van der Waals surface area contributed by atoms with Crippen molar-refractivity contribution in [2.75, 3.05) is 25.9 Å². The maximum Gasteiger partial charge on any atom is 0.191 e. The number of nitrogens with zero attached hydrogens (tertiary/aromatic N) is 1. The van der Waals surface area contributed by atoms with E-state index in [9.17, 15) is 17.2 Å². The van der Waals surface area contributed by atoms with Crippen LogP contribution in [0.5, 0.6) is 0 Å². The SMILES string of the molecule is CN=C(NCCc1ccccc1F)NCCS(=O)(=O)c1ccccc1F.I. The second-order valence-corrected chi connectivity index (χ2v) is 7.59. The summed E-state index contributed by atoms with van der Waals surface area (Å²) in [5.74, 6) is -0.916. The highest BCUT2D eigenvalue weighted by molar-refractivity contribution is 14.0. The van der Waals surface area contributed by atoms with Gasteiger partial charge in [0.05, 0.1) is 5.75 Å². The van der Waals surface area contributed by atoms with Crippen LogP contribution in [0.1, 0.15) is 5.56 Å². The van der Waals surface area contributed by atoms with Gasteiger partial charge in [-0.1, -0.05) is 30.3 Å². The molecule has 2 aromatic carbocycles. The molecular formula is C18H22F2IN3O2S. The van der Waals surface area contributed by atoms with Crippen LogP contribution >= 0.6 is 24.0 Å². The summed E-state index contributed by atoms with van der Waals surface area (Å²) < 4.78 is 51.5. The summed E-state index contributed by atoms with van der Waals surface area (Å²) in [5.41, 5.74) is 0.581. The third-order valence-corrected chi connectivity index (χ3v) is 5.45. The summed E-state index contributed by atoms with van der Waals surface area (Å²) in [4.78, 5) is 3.67. The Labute approximate surface area is 175 Å². The molecule has 148 valence electrons. The minimum absolute atomic E-state index is 0. The first-order chi connectivity index (χ1) is 12.4. The number of hydrogen-bond donors (Lipinski definition) is 2. The molecule has 2 rings (SSSR count). The summed E-state index contributed by atoms with van der Waals surface area (Å²) in [6.45, 7) is 0.497. The normalized spacial score (nSPS) is 11.6. The largest absolute Gasteiger partial charge is 0.356 e. The smallest absolute Gasteiger partial charge is 0.191 e. The summed E-state index contributed by atoms with van der Waals surface area (Å²) in [6.07, 6.45) is 0.459. The number of hydrogen-bond acceptors (Lipinski definition) is 3. The van der Waals surface area contributed by atoms with Crippen LogP contribution in [0.15, 0.2) is 58.4 Å². The minimum atomic E-state index is -3.73. The molecule has 0 saturated heterocycles. The number of benzene rings is 2. The Balaban J connectivity index is 0.00000364. The molecule has 0 aromatic heterocycles. The Hall–Kier alpha value is -1.75. The highest BCUT2D eigenvalue weighted by Gasteiger charge is 2.18. The first-order valence-corrected chi connectivity index (χ1v) is 9.74. The fourth-order valence-corrected chi connectivity index (χ4v) is 3.59. The van der Waals surface area contributed by atoms with Crippen molar-refractivity contribution in [3.8, 4) is 0 Å². The Morgan fingerprint density at radius 2 is 1.56 bits per heavy atom. The number of guanidine groups is 1. The number of aliphatic imine (C=N–C) groups is 1. The molecule has 0 aliphatic heterocycles. The molecule has 0 saturated carbocycles. The predicted molar refractivity (Wildman–Crippen MR) is 113 cm³/mol. The first-order valence-electron chi connectivity index (χ1n) is 8.09. The minimum Gasteiger partial charge on any atom is -0.356 e. The molecule has 0 spiro atoms. The van der Waals surface area contributed by atoms with Gasteiger partial charge in [0.25, 0.3) is 0 Å². The molecule has 0 aliphatic rings. The van der Waals surface area contributed by atoms with Crippen molar-refractivity contribution < 1.29 is 17.2 Å². The van der Waals surface area contributed by atoms with Gasteiger partial charge in [-0.25, -0.2) is 17.2 Å². The lowest BCUT2D eigenvalue weighted by atomic mass is 10.1. The van der Waals surface area contributed by atoms with Gasteiger partial charge in [-0.05, 0) is 30.2 Å². The summed E-state index contributed by atoms with van der Waals surface area (Å²) >= 11 is 0. The third kappa shape index (κ3) is 7.06. The molecule has 5 nitrogen and oxygen atoms in total. The van der Waals surface area contributed by atoms with E-state index < -0.39 is 15.7 Å². The van der Waals surface area contributed by atoms with Gasteiger partial charge in [-0.3, -0.25) is 4.99 Å². The van der Waals surface area contributed by atoms with Gasteiger partial charge in [0.1, 0.15) is 16.5 Å². The molecule has 0 bridgehead atoms. The molecule has 2 aromatic rings. The molecule has 0 atom stereocenters. The highest BCUT2D eigenvalue weighted by atomic mass is 127.